The first-order chi connectivity index (χ1) is 6.19. The molecule has 0 aliphatic carbocycles. The molecule has 6 nitrogen and oxygen atoms in total. The maximum atomic E-state index is 8.92. The van der Waals surface area contributed by atoms with Crippen molar-refractivity contribution in [2.45, 2.75) is 37.8 Å². The van der Waals surface area contributed by atoms with Gasteiger partial charge in [0.1, 0.15) is 0 Å². The van der Waals surface area contributed by atoms with E-state index in [-0.39, 0.29) is 6.42 Å². The van der Waals surface area contributed by atoms with Crippen molar-refractivity contribution in [1.82, 2.24) is 0 Å². The van der Waals surface area contributed by atoms with Gasteiger partial charge in [-0.15, -0.1) is 0 Å². The molecule has 0 fully saturated rings. The molecule has 0 saturated carbocycles. The summed E-state index contributed by atoms with van der Waals surface area (Å²) in [7, 11) is -9.32. The van der Waals surface area contributed by atoms with E-state index in [0.29, 0.717) is 6.42 Å². The Balaban J connectivity index is 4.28. The lowest BCUT2D eigenvalue weighted by molar-refractivity contribution is 0.171. The van der Waals surface area contributed by atoms with Crippen molar-refractivity contribution >= 4 is 17.6 Å². The van der Waals surface area contributed by atoms with Gasteiger partial charge in [-0.05, 0) is 6.42 Å². The molecule has 0 radical (unpaired) electrons. The monoisotopic (exact) mass is 242 g/mol. The van der Waals surface area contributed by atoms with Gasteiger partial charge in [-0.3, -0.25) is 0 Å². The Hall–Kier alpha value is 0.194. The zero-order valence-electron chi connectivity index (χ0n) is 8.09. The summed E-state index contributed by atoms with van der Waals surface area (Å²) >= 11 is 0. The Morgan fingerprint density at radius 2 is 1.29 bits per heavy atom. The van der Waals surface area contributed by atoms with E-state index in [0.717, 1.165) is 12.8 Å². The van der Waals surface area contributed by atoms with Crippen LogP contribution < -0.4 is 0 Å². The Bertz CT molecular complexity index is 149. The standard InChI is InChI=1S/C6H18O6Si2/c1-2-3-4-5-6(13(7,8)9)14(10,11)12/h6-12H,2-5H2,1H3. The Morgan fingerprint density at radius 3 is 1.57 bits per heavy atom. The molecule has 0 amide bonds. The average molecular weight is 242 g/mol. The van der Waals surface area contributed by atoms with E-state index in [9.17, 15) is 0 Å². The second-order valence-corrected chi connectivity index (χ2v) is 8.14. The lowest BCUT2D eigenvalue weighted by Crippen LogP contribution is -2.56. The SMILES string of the molecule is CCCCCC([Si](O)(O)O)[Si](O)(O)O. The van der Waals surface area contributed by atoms with E-state index in [1.165, 1.54) is 0 Å². The molecule has 0 spiro atoms. The summed E-state index contributed by atoms with van der Waals surface area (Å²) < 4.78 is 0. The number of hydrogen-bond acceptors (Lipinski definition) is 6. The van der Waals surface area contributed by atoms with Gasteiger partial charge >= 0.3 is 17.6 Å². The Labute approximate surface area is 84.8 Å². The molecule has 0 aliphatic rings. The summed E-state index contributed by atoms with van der Waals surface area (Å²) in [5.74, 6) is 0. The van der Waals surface area contributed by atoms with Gasteiger partial charge in [0, 0.05) is 0 Å². The van der Waals surface area contributed by atoms with Crippen LogP contribution in [0.4, 0.5) is 0 Å². The van der Waals surface area contributed by atoms with Crippen molar-refractivity contribution < 1.29 is 28.8 Å². The van der Waals surface area contributed by atoms with Crippen LogP contribution in [-0.2, 0) is 0 Å². The van der Waals surface area contributed by atoms with Gasteiger partial charge in [-0.2, -0.15) is 0 Å². The zero-order chi connectivity index (χ0) is 11.4. The fourth-order valence-corrected chi connectivity index (χ4v) is 4.51. The maximum Gasteiger partial charge on any atom is 0.500 e. The first kappa shape index (κ1) is 14.2. The summed E-state index contributed by atoms with van der Waals surface area (Å²) in [6.45, 7) is 1.93. The third-order valence-corrected chi connectivity index (χ3v) is 6.80. The van der Waals surface area contributed by atoms with Gasteiger partial charge in [0.25, 0.3) is 0 Å². The maximum absolute atomic E-state index is 8.92. The summed E-state index contributed by atoms with van der Waals surface area (Å²) in [5.41, 5.74) is 0. The van der Waals surface area contributed by atoms with E-state index in [4.69, 9.17) is 28.8 Å². The number of rotatable bonds is 6. The van der Waals surface area contributed by atoms with Gasteiger partial charge in [0.15, 0.2) is 0 Å². The highest BCUT2D eigenvalue weighted by Crippen LogP contribution is 2.27. The quantitative estimate of drug-likeness (QED) is 0.244. The molecule has 0 aliphatic heterocycles. The van der Waals surface area contributed by atoms with Crippen LogP contribution in [0.1, 0.15) is 32.6 Å². The smallest absolute Gasteiger partial charge is 0.390 e. The lowest BCUT2D eigenvalue weighted by atomic mass is 10.2. The summed E-state index contributed by atoms with van der Waals surface area (Å²) in [6.07, 6.45) is 2.17. The first-order valence-corrected chi connectivity index (χ1v) is 8.37. The fraction of sp³-hybridized carbons (Fsp3) is 1.00. The third kappa shape index (κ3) is 5.17. The van der Waals surface area contributed by atoms with Crippen LogP contribution in [-0.4, -0.2) is 46.4 Å². The second kappa shape index (κ2) is 5.33. The van der Waals surface area contributed by atoms with Crippen molar-refractivity contribution in [3.63, 3.8) is 0 Å². The highest BCUT2D eigenvalue weighted by atomic mass is 28.5. The summed E-state index contributed by atoms with van der Waals surface area (Å²) in [5, 5.41) is -1.55. The third-order valence-electron chi connectivity index (χ3n) is 2.03. The minimum absolute atomic E-state index is 0.0132. The number of unbranched alkanes of at least 4 members (excludes halogenated alkanes) is 2. The van der Waals surface area contributed by atoms with Crippen LogP contribution in [0.25, 0.3) is 0 Å². The summed E-state index contributed by atoms with van der Waals surface area (Å²) in [6, 6.07) is 0. The highest BCUT2D eigenvalue weighted by Gasteiger charge is 2.55. The molecular weight excluding hydrogens is 224 g/mol. The van der Waals surface area contributed by atoms with Crippen molar-refractivity contribution in [2.24, 2.45) is 0 Å². The average Bonchev–Trinajstić information content (AvgIpc) is 1.92. The van der Waals surface area contributed by atoms with Gasteiger partial charge < -0.3 is 28.8 Å². The largest absolute Gasteiger partial charge is 0.500 e. The molecule has 0 atom stereocenters. The minimum Gasteiger partial charge on any atom is -0.390 e. The van der Waals surface area contributed by atoms with E-state index < -0.39 is 22.8 Å². The van der Waals surface area contributed by atoms with E-state index in [1.54, 1.807) is 0 Å². The van der Waals surface area contributed by atoms with Crippen LogP contribution in [0.5, 0.6) is 0 Å². The first-order valence-electron chi connectivity index (χ1n) is 4.53. The van der Waals surface area contributed by atoms with Crippen molar-refractivity contribution in [3.05, 3.63) is 0 Å². The van der Waals surface area contributed by atoms with Crippen LogP contribution >= 0.6 is 0 Å². The molecule has 0 heterocycles. The van der Waals surface area contributed by atoms with Gasteiger partial charge in [-0.25, -0.2) is 0 Å². The molecule has 0 aromatic heterocycles. The van der Waals surface area contributed by atoms with E-state index >= 15 is 0 Å². The predicted molar refractivity (Wildman–Crippen MR) is 52.7 cm³/mol. The molecule has 0 aromatic rings. The summed E-state index contributed by atoms with van der Waals surface area (Å²) in [4.78, 5) is 53.5. The molecule has 0 aromatic carbocycles. The van der Waals surface area contributed by atoms with Crippen LogP contribution in [0.2, 0.25) is 5.16 Å². The molecule has 8 heteroatoms. The second-order valence-electron chi connectivity index (χ2n) is 3.42. The molecule has 0 rings (SSSR count). The van der Waals surface area contributed by atoms with Crippen LogP contribution in [0.15, 0.2) is 0 Å². The molecule has 86 valence electrons. The zero-order valence-corrected chi connectivity index (χ0v) is 10.1. The topological polar surface area (TPSA) is 121 Å². The molecular formula is C6H18O6Si2. The minimum atomic E-state index is -4.66. The molecule has 0 saturated heterocycles. The predicted octanol–water partition coefficient (Wildman–Crippen LogP) is -1.69. The number of hydrogen-bond donors (Lipinski definition) is 6. The van der Waals surface area contributed by atoms with Gasteiger partial charge in [0.05, 0.1) is 5.16 Å². The van der Waals surface area contributed by atoms with Crippen LogP contribution in [0, 0.1) is 0 Å². The van der Waals surface area contributed by atoms with E-state index in [1.807, 2.05) is 6.92 Å². The molecule has 6 N–H and O–H groups in total. The Morgan fingerprint density at radius 1 is 0.857 bits per heavy atom. The van der Waals surface area contributed by atoms with E-state index in [2.05, 4.69) is 0 Å². The van der Waals surface area contributed by atoms with Gasteiger partial charge in [0.2, 0.25) is 0 Å². The van der Waals surface area contributed by atoms with Gasteiger partial charge in [-0.1, -0.05) is 26.2 Å². The highest BCUT2D eigenvalue weighted by molar-refractivity contribution is 6.78. The Kier molecular flexibility index (Phi) is 5.40. The van der Waals surface area contributed by atoms with Crippen molar-refractivity contribution in [3.8, 4) is 0 Å². The molecule has 0 unspecified atom stereocenters. The fourth-order valence-electron chi connectivity index (χ4n) is 1.25. The molecule has 0 bridgehead atoms. The van der Waals surface area contributed by atoms with Crippen molar-refractivity contribution in [2.75, 3.05) is 0 Å². The van der Waals surface area contributed by atoms with Crippen LogP contribution in [0.3, 0.4) is 0 Å². The van der Waals surface area contributed by atoms with Crippen molar-refractivity contribution in [1.29, 1.82) is 0 Å². The lowest BCUT2D eigenvalue weighted by Gasteiger charge is -2.26. The normalized spacial score (nSPS) is 13.7. The molecule has 14 heavy (non-hydrogen) atoms.